The van der Waals surface area contributed by atoms with Crippen molar-refractivity contribution in [3.63, 3.8) is 0 Å². The van der Waals surface area contributed by atoms with Gasteiger partial charge in [-0.3, -0.25) is 0 Å². The standard InChI is InChI=1S/C15H23N3/c1-2-12-5-11(1)6-14(12)9-18-10-17-8-15(18)13-3-4-16-7-13/h8,10-14,16H,1-7,9H2. The highest BCUT2D eigenvalue weighted by molar-refractivity contribution is 5.09. The van der Waals surface area contributed by atoms with E-state index in [9.17, 15) is 0 Å². The zero-order valence-corrected chi connectivity index (χ0v) is 11.0. The summed E-state index contributed by atoms with van der Waals surface area (Å²) in [5.74, 6) is 3.71. The van der Waals surface area contributed by atoms with Crippen LogP contribution in [0, 0.1) is 17.8 Å². The van der Waals surface area contributed by atoms with Crippen molar-refractivity contribution in [2.45, 2.75) is 44.6 Å². The van der Waals surface area contributed by atoms with Crippen molar-refractivity contribution < 1.29 is 0 Å². The predicted octanol–water partition coefficient (Wildman–Crippen LogP) is 2.40. The van der Waals surface area contributed by atoms with E-state index in [0.29, 0.717) is 5.92 Å². The van der Waals surface area contributed by atoms with Crippen molar-refractivity contribution in [3.05, 3.63) is 18.2 Å². The van der Waals surface area contributed by atoms with Crippen LogP contribution >= 0.6 is 0 Å². The molecule has 0 aromatic carbocycles. The second kappa shape index (κ2) is 4.37. The van der Waals surface area contributed by atoms with E-state index in [-0.39, 0.29) is 0 Å². The molecule has 18 heavy (non-hydrogen) atoms. The number of imidazole rings is 1. The summed E-state index contributed by atoms with van der Waals surface area (Å²) < 4.78 is 2.46. The highest BCUT2D eigenvalue weighted by atomic mass is 15.1. The molecule has 4 unspecified atom stereocenters. The van der Waals surface area contributed by atoms with Crippen molar-refractivity contribution in [3.8, 4) is 0 Å². The van der Waals surface area contributed by atoms with Crippen LogP contribution in [0.3, 0.4) is 0 Å². The molecule has 1 aromatic rings. The average molecular weight is 245 g/mol. The van der Waals surface area contributed by atoms with Crippen molar-refractivity contribution in [2.75, 3.05) is 13.1 Å². The number of hydrogen-bond acceptors (Lipinski definition) is 2. The van der Waals surface area contributed by atoms with Crippen LogP contribution in [0.15, 0.2) is 12.5 Å². The molecule has 4 atom stereocenters. The second-order valence-electron chi connectivity index (χ2n) is 6.60. The van der Waals surface area contributed by atoms with Gasteiger partial charge in [0.1, 0.15) is 0 Å². The van der Waals surface area contributed by atoms with Crippen LogP contribution in [0.4, 0.5) is 0 Å². The minimum Gasteiger partial charge on any atom is -0.334 e. The molecule has 2 aliphatic carbocycles. The molecule has 0 amide bonds. The first kappa shape index (κ1) is 11.0. The lowest BCUT2D eigenvalue weighted by atomic mass is 9.88. The maximum Gasteiger partial charge on any atom is 0.0948 e. The van der Waals surface area contributed by atoms with E-state index >= 15 is 0 Å². The summed E-state index contributed by atoms with van der Waals surface area (Å²) in [5.41, 5.74) is 1.47. The fourth-order valence-electron chi connectivity index (χ4n) is 4.58. The molecule has 2 bridgehead atoms. The number of nitrogens with zero attached hydrogens (tertiary/aromatic N) is 2. The monoisotopic (exact) mass is 245 g/mol. The number of fused-ring (bicyclic) bond motifs is 2. The number of rotatable bonds is 3. The van der Waals surface area contributed by atoms with E-state index in [4.69, 9.17) is 0 Å². The smallest absolute Gasteiger partial charge is 0.0948 e. The third kappa shape index (κ3) is 1.80. The van der Waals surface area contributed by atoms with Crippen molar-refractivity contribution in [2.24, 2.45) is 17.8 Å². The molecule has 1 aromatic heterocycles. The molecule has 1 saturated heterocycles. The quantitative estimate of drug-likeness (QED) is 0.886. The summed E-state index contributed by atoms with van der Waals surface area (Å²) in [6.45, 7) is 3.54. The lowest BCUT2D eigenvalue weighted by molar-refractivity contribution is 0.292. The van der Waals surface area contributed by atoms with Crippen LogP contribution < -0.4 is 5.32 Å². The van der Waals surface area contributed by atoms with E-state index in [1.165, 1.54) is 50.9 Å². The molecule has 1 aliphatic heterocycles. The number of hydrogen-bond donors (Lipinski definition) is 1. The van der Waals surface area contributed by atoms with E-state index in [1.54, 1.807) is 0 Å². The van der Waals surface area contributed by atoms with Gasteiger partial charge in [-0.15, -0.1) is 0 Å². The van der Waals surface area contributed by atoms with Gasteiger partial charge in [-0.05, 0) is 50.0 Å². The van der Waals surface area contributed by atoms with Crippen LogP contribution in [0.25, 0.3) is 0 Å². The maximum absolute atomic E-state index is 4.41. The van der Waals surface area contributed by atoms with Crippen LogP contribution in [0.1, 0.15) is 43.7 Å². The average Bonchev–Trinajstić information content (AvgIpc) is 3.14. The van der Waals surface area contributed by atoms with Gasteiger partial charge in [-0.1, -0.05) is 6.42 Å². The summed E-state index contributed by atoms with van der Waals surface area (Å²) in [6.07, 6.45) is 11.4. The fraction of sp³-hybridized carbons (Fsp3) is 0.800. The topological polar surface area (TPSA) is 29.9 Å². The largest absolute Gasteiger partial charge is 0.334 e. The number of aromatic nitrogens is 2. The Balaban J connectivity index is 1.49. The molecular formula is C15H23N3. The Morgan fingerprint density at radius 1 is 1.28 bits per heavy atom. The summed E-state index contributed by atoms with van der Waals surface area (Å²) in [7, 11) is 0. The lowest BCUT2D eigenvalue weighted by Gasteiger charge is -2.23. The van der Waals surface area contributed by atoms with E-state index < -0.39 is 0 Å². The normalized spacial score (nSPS) is 38.7. The molecule has 3 fully saturated rings. The minimum atomic E-state index is 0.700. The first-order valence-electron chi connectivity index (χ1n) is 7.61. The zero-order valence-electron chi connectivity index (χ0n) is 11.0. The van der Waals surface area contributed by atoms with Crippen LogP contribution in [-0.4, -0.2) is 22.6 Å². The van der Waals surface area contributed by atoms with E-state index in [0.717, 1.165) is 24.3 Å². The van der Waals surface area contributed by atoms with Gasteiger partial charge in [0.15, 0.2) is 0 Å². The van der Waals surface area contributed by atoms with Crippen molar-refractivity contribution >= 4 is 0 Å². The molecule has 98 valence electrons. The van der Waals surface area contributed by atoms with Crippen LogP contribution in [0.2, 0.25) is 0 Å². The molecule has 0 radical (unpaired) electrons. The molecule has 2 saturated carbocycles. The Morgan fingerprint density at radius 2 is 2.28 bits per heavy atom. The Bertz CT molecular complexity index is 419. The molecule has 3 heteroatoms. The predicted molar refractivity (Wildman–Crippen MR) is 71.4 cm³/mol. The number of nitrogens with one attached hydrogen (secondary N) is 1. The van der Waals surface area contributed by atoms with Crippen molar-refractivity contribution in [1.29, 1.82) is 0 Å². The highest BCUT2D eigenvalue weighted by Gasteiger charge is 2.39. The molecule has 1 N–H and O–H groups in total. The van der Waals surface area contributed by atoms with Crippen LogP contribution in [-0.2, 0) is 6.54 Å². The third-order valence-corrected chi connectivity index (χ3v) is 5.54. The van der Waals surface area contributed by atoms with E-state index in [2.05, 4.69) is 27.4 Å². The van der Waals surface area contributed by atoms with E-state index in [1.807, 2.05) is 0 Å². The Morgan fingerprint density at radius 3 is 3.00 bits per heavy atom. The Hall–Kier alpha value is -0.830. The zero-order chi connectivity index (χ0) is 11.9. The molecule has 3 nitrogen and oxygen atoms in total. The molecule has 4 rings (SSSR count). The van der Waals surface area contributed by atoms with Crippen LogP contribution in [0.5, 0.6) is 0 Å². The van der Waals surface area contributed by atoms with Gasteiger partial charge in [0.2, 0.25) is 0 Å². The highest BCUT2D eigenvalue weighted by Crippen LogP contribution is 2.49. The SMILES string of the molecule is c1ncn(CC2CC3CCC2C3)c1C1CCNC1. The van der Waals surface area contributed by atoms with Gasteiger partial charge in [-0.25, -0.2) is 4.98 Å². The molecule has 2 heterocycles. The first-order chi connectivity index (χ1) is 8.90. The Labute approximate surface area is 109 Å². The summed E-state index contributed by atoms with van der Waals surface area (Å²) in [6, 6.07) is 0. The lowest BCUT2D eigenvalue weighted by Crippen LogP contribution is -2.19. The second-order valence-corrected chi connectivity index (χ2v) is 6.60. The van der Waals surface area contributed by atoms with Gasteiger partial charge in [0.05, 0.1) is 6.33 Å². The summed E-state index contributed by atoms with van der Waals surface area (Å²) >= 11 is 0. The van der Waals surface area contributed by atoms with Crippen molar-refractivity contribution in [1.82, 2.24) is 14.9 Å². The van der Waals surface area contributed by atoms with Gasteiger partial charge >= 0.3 is 0 Å². The summed E-state index contributed by atoms with van der Waals surface area (Å²) in [5, 5.41) is 3.47. The Kier molecular flexibility index (Phi) is 2.68. The van der Waals surface area contributed by atoms with Gasteiger partial charge < -0.3 is 9.88 Å². The summed E-state index contributed by atoms with van der Waals surface area (Å²) in [4.78, 5) is 4.41. The fourth-order valence-corrected chi connectivity index (χ4v) is 4.58. The van der Waals surface area contributed by atoms with Gasteiger partial charge in [-0.2, -0.15) is 0 Å². The first-order valence-corrected chi connectivity index (χ1v) is 7.61. The van der Waals surface area contributed by atoms with Gasteiger partial charge in [0, 0.05) is 30.9 Å². The molecular weight excluding hydrogens is 222 g/mol. The molecule has 0 spiro atoms. The minimum absolute atomic E-state index is 0.700. The third-order valence-electron chi connectivity index (χ3n) is 5.54. The van der Waals surface area contributed by atoms with Gasteiger partial charge in [0.25, 0.3) is 0 Å². The molecule has 3 aliphatic rings. The maximum atomic E-state index is 4.41.